The quantitative estimate of drug-likeness (QED) is 0.129. The molecule has 0 saturated heterocycles. The Kier molecular flexibility index (Phi) is 13.5. The van der Waals surface area contributed by atoms with Gasteiger partial charge in [-0.3, -0.25) is 0 Å². The van der Waals surface area contributed by atoms with Crippen LogP contribution in [-0.2, 0) is 10.8 Å². The lowest BCUT2D eigenvalue weighted by Crippen LogP contribution is -2.16. The molecule has 0 aliphatic heterocycles. The van der Waals surface area contributed by atoms with Gasteiger partial charge >= 0.3 is 0 Å². The van der Waals surface area contributed by atoms with Crippen LogP contribution in [0.1, 0.15) is 72.2 Å². The number of fused-ring (bicyclic) bond motifs is 12. The highest BCUT2D eigenvalue weighted by Crippen LogP contribution is 2.54. The average molecular weight is 1260 g/mol. The molecule has 14 aromatic carbocycles. The lowest BCUT2D eigenvalue weighted by molar-refractivity contribution is 0.660. The Labute approximate surface area is 573 Å². The van der Waals surface area contributed by atoms with Crippen molar-refractivity contribution in [1.29, 1.82) is 0 Å². The lowest BCUT2D eigenvalue weighted by atomic mass is 9.81. The Morgan fingerprint density at radius 2 is 0.571 bits per heavy atom. The van der Waals surface area contributed by atoms with Crippen LogP contribution in [0.3, 0.4) is 0 Å². The van der Waals surface area contributed by atoms with Gasteiger partial charge in [0.2, 0.25) is 0 Å². The number of aryl methyl sites for hydroxylation is 4. The summed E-state index contributed by atoms with van der Waals surface area (Å²) in [6.45, 7) is 18.6. The first-order chi connectivity index (χ1) is 47.7. The van der Waals surface area contributed by atoms with Crippen LogP contribution in [0.15, 0.2) is 300 Å². The molecule has 0 amide bonds. The zero-order chi connectivity index (χ0) is 66.3. The van der Waals surface area contributed by atoms with Crippen molar-refractivity contribution >= 4 is 78.0 Å². The molecule has 2 aromatic heterocycles. The molecule has 470 valence electrons. The molecule has 0 saturated carbocycles. The van der Waals surface area contributed by atoms with Crippen molar-refractivity contribution < 1.29 is 8.83 Å². The molecule has 0 atom stereocenters. The fraction of sp³-hybridized carbons (Fsp3) is 0.106. The van der Waals surface area contributed by atoms with E-state index < -0.39 is 0 Å². The summed E-state index contributed by atoms with van der Waals surface area (Å²) in [6, 6.07) is 108. The second-order valence-corrected chi connectivity index (χ2v) is 28.2. The van der Waals surface area contributed by atoms with Crippen LogP contribution in [0.2, 0.25) is 0 Å². The number of furan rings is 2. The summed E-state index contributed by atoms with van der Waals surface area (Å²) >= 11 is 0. The highest BCUT2D eigenvalue weighted by atomic mass is 16.3. The molecular weight excluding hydrogens is 1190 g/mol. The first-order valence-corrected chi connectivity index (χ1v) is 34.3. The number of benzene rings is 14. The van der Waals surface area contributed by atoms with Crippen molar-refractivity contribution in [2.75, 3.05) is 9.80 Å². The maximum atomic E-state index is 6.27. The van der Waals surface area contributed by atoms with Crippen LogP contribution in [0.5, 0.6) is 0 Å². The van der Waals surface area contributed by atoms with Gasteiger partial charge in [-0.05, 0) is 236 Å². The lowest BCUT2D eigenvalue weighted by Gasteiger charge is -2.32. The van der Waals surface area contributed by atoms with E-state index in [9.17, 15) is 0 Å². The van der Waals surface area contributed by atoms with Gasteiger partial charge in [0.15, 0.2) is 0 Å². The SMILES string of the molecule is Cc1cc(-c2ccc(N(c3ccc(-c4ccc5oc6ccccc6c5c4)cc3)c3c(C)cccc3-c3ccc4c(c3)C(C)(C)c3ccccc3-4)c(C)c2)ccc1N(c1ccc(-c2ccc3oc4ccccc4c3c2)cc1)c1c(C)cccc1-c1ccc2c(c1)C(C)(C)c1ccccc1-2. The molecule has 2 heterocycles. The van der Waals surface area contributed by atoms with Gasteiger partial charge in [-0.2, -0.15) is 0 Å². The van der Waals surface area contributed by atoms with Crippen molar-refractivity contribution in [1.82, 2.24) is 0 Å². The van der Waals surface area contributed by atoms with Crippen molar-refractivity contribution in [3.8, 4) is 77.9 Å². The largest absolute Gasteiger partial charge is 0.456 e. The van der Waals surface area contributed by atoms with Gasteiger partial charge in [-0.25, -0.2) is 0 Å². The Hall–Kier alpha value is -11.7. The van der Waals surface area contributed by atoms with Crippen molar-refractivity contribution in [2.24, 2.45) is 0 Å². The number of hydrogen-bond acceptors (Lipinski definition) is 4. The number of hydrogen-bond donors (Lipinski definition) is 0. The van der Waals surface area contributed by atoms with Gasteiger partial charge in [-0.1, -0.05) is 222 Å². The van der Waals surface area contributed by atoms with Gasteiger partial charge in [0.25, 0.3) is 0 Å². The third-order valence-electron chi connectivity index (χ3n) is 21.6. The molecule has 4 nitrogen and oxygen atoms in total. The van der Waals surface area contributed by atoms with Crippen LogP contribution in [-0.4, -0.2) is 0 Å². The number of anilines is 6. The molecule has 0 bridgehead atoms. The topological polar surface area (TPSA) is 32.8 Å². The number of rotatable bonds is 11. The standard InChI is InChI=1S/C94H72N2O2/c1-57-19-17-25-71(67-35-45-75-73-21-9-13-27-81(73)93(5,6)83(75)55-67)91(57)95(69-41-31-61(32-42-69)65-39-49-89-79(53-65)77-23-11-15-29-87(77)97-89)85-47-37-63(51-59(85)3)64-38-48-86(60(4)52-64)96(70-43-33-62(34-44-70)66-40-50-90-80(54-66)78-24-12-16-30-88(78)98-90)92-58(2)20-18-26-72(92)68-36-46-76-74-22-10-14-28-82(74)94(7,8)84(76)56-68/h9-56H,1-8H3. The third-order valence-corrected chi connectivity index (χ3v) is 21.6. The minimum Gasteiger partial charge on any atom is -0.456 e. The predicted molar refractivity (Wildman–Crippen MR) is 412 cm³/mol. The van der Waals surface area contributed by atoms with E-state index in [0.29, 0.717) is 0 Å². The summed E-state index contributed by atoms with van der Waals surface area (Å²) < 4.78 is 12.5. The Bertz CT molecular complexity index is 5570. The number of nitrogens with zero attached hydrogens (tertiary/aromatic N) is 2. The number of para-hydroxylation sites is 4. The van der Waals surface area contributed by atoms with E-state index in [1.54, 1.807) is 0 Å². The summed E-state index contributed by atoms with van der Waals surface area (Å²) in [6.07, 6.45) is 0. The maximum absolute atomic E-state index is 6.27. The molecule has 98 heavy (non-hydrogen) atoms. The van der Waals surface area contributed by atoms with E-state index >= 15 is 0 Å². The minimum atomic E-state index is -0.147. The van der Waals surface area contributed by atoms with E-state index in [0.717, 1.165) is 123 Å². The second-order valence-electron chi connectivity index (χ2n) is 28.2. The normalized spacial score (nSPS) is 13.3. The van der Waals surface area contributed by atoms with Gasteiger partial charge in [0, 0.05) is 66.3 Å². The molecular formula is C94H72N2O2. The third kappa shape index (κ3) is 9.33. The fourth-order valence-corrected chi connectivity index (χ4v) is 16.5. The molecule has 0 radical (unpaired) electrons. The Morgan fingerprint density at radius 1 is 0.235 bits per heavy atom. The van der Waals surface area contributed by atoms with Crippen LogP contribution >= 0.6 is 0 Å². The van der Waals surface area contributed by atoms with Gasteiger partial charge in [0.1, 0.15) is 22.3 Å². The summed E-state index contributed by atoms with van der Waals surface area (Å²) in [5.41, 5.74) is 37.1. The summed E-state index contributed by atoms with van der Waals surface area (Å²) in [5, 5.41) is 4.49. The van der Waals surface area contributed by atoms with E-state index in [4.69, 9.17) is 8.83 Å². The van der Waals surface area contributed by atoms with Crippen molar-refractivity contribution in [3.05, 3.63) is 336 Å². The van der Waals surface area contributed by atoms with E-state index in [2.05, 4.69) is 332 Å². The van der Waals surface area contributed by atoms with Crippen LogP contribution in [0.4, 0.5) is 34.1 Å². The zero-order valence-electron chi connectivity index (χ0n) is 56.4. The molecule has 0 N–H and O–H groups in total. The van der Waals surface area contributed by atoms with Crippen LogP contribution in [0, 0.1) is 27.7 Å². The summed E-state index contributed by atoms with van der Waals surface area (Å²) in [7, 11) is 0. The predicted octanol–water partition coefficient (Wildman–Crippen LogP) is 26.6. The molecule has 4 heteroatoms. The Morgan fingerprint density at radius 3 is 1.00 bits per heavy atom. The monoisotopic (exact) mass is 1260 g/mol. The summed E-state index contributed by atoms with van der Waals surface area (Å²) in [4.78, 5) is 5.01. The maximum Gasteiger partial charge on any atom is 0.135 e. The van der Waals surface area contributed by atoms with E-state index in [-0.39, 0.29) is 10.8 Å². The van der Waals surface area contributed by atoms with Gasteiger partial charge < -0.3 is 18.6 Å². The van der Waals surface area contributed by atoms with E-state index in [1.807, 2.05) is 24.3 Å². The average Bonchev–Trinajstić information content (AvgIpc) is 1.58. The summed E-state index contributed by atoms with van der Waals surface area (Å²) in [5.74, 6) is 0. The highest BCUT2D eigenvalue weighted by molar-refractivity contribution is 6.08. The van der Waals surface area contributed by atoms with Crippen molar-refractivity contribution in [2.45, 2.75) is 66.2 Å². The zero-order valence-corrected chi connectivity index (χ0v) is 56.4. The fourth-order valence-electron chi connectivity index (χ4n) is 16.5. The Balaban J connectivity index is 0.748. The van der Waals surface area contributed by atoms with Crippen LogP contribution in [0.25, 0.3) is 122 Å². The second kappa shape index (κ2) is 22.4. The molecule has 16 aromatic rings. The van der Waals surface area contributed by atoms with Gasteiger partial charge in [0.05, 0.1) is 11.4 Å². The molecule has 0 spiro atoms. The first-order valence-electron chi connectivity index (χ1n) is 34.3. The minimum absolute atomic E-state index is 0.147. The molecule has 0 fully saturated rings. The highest BCUT2D eigenvalue weighted by Gasteiger charge is 2.37. The van der Waals surface area contributed by atoms with Crippen molar-refractivity contribution in [3.63, 3.8) is 0 Å². The molecule has 2 aliphatic rings. The molecule has 0 unspecified atom stereocenters. The molecule has 18 rings (SSSR count). The molecule has 2 aliphatic carbocycles. The van der Waals surface area contributed by atoms with Gasteiger partial charge in [-0.15, -0.1) is 0 Å². The van der Waals surface area contributed by atoms with E-state index in [1.165, 1.54) is 77.9 Å². The first kappa shape index (κ1) is 58.8. The smallest absolute Gasteiger partial charge is 0.135 e. The van der Waals surface area contributed by atoms with Crippen LogP contribution < -0.4 is 9.80 Å².